The number of nitrogens with zero attached hydrogens (tertiary/aromatic N) is 5. The second kappa shape index (κ2) is 11.1. The highest BCUT2D eigenvalue weighted by molar-refractivity contribution is 6.04. The Hall–Kier alpha value is -4.95. The number of aromatic nitrogens is 5. The lowest BCUT2D eigenvalue weighted by molar-refractivity contribution is -0.137. The molecule has 0 bridgehead atoms. The van der Waals surface area contributed by atoms with E-state index in [0.717, 1.165) is 72.1 Å². The van der Waals surface area contributed by atoms with Gasteiger partial charge in [-0.3, -0.25) is 14.0 Å². The van der Waals surface area contributed by atoms with Crippen molar-refractivity contribution >= 4 is 22.8 Å². The summed E-state index contributed by atoms with van der Waals surface area (Å²) in [5, 5.41) is 10.4. The van der Waals surface area contributed by atoms with E-state index in [1.165, 1.54) is 0 Å². The number of fused-ring (bicyclic) bond motifs is 1. The molecule has 3 aromatic heterocycles. The quantitative estimate of drug-likeness (QED) is 0.278. The minimum atomic E-state index is -4.54. The highest BCUT2D eigenvalue weighted by Gasteiger charge is 2.31. The van der Waals surface area contributed by atoms with Gasteiger partial charge in [0.05, 0.1) is 34.5 Å². The van der Waals surface area contributed by atoms with Gasteiger partial charge in [-0.1, -0.05) is 17.9 Å². The summed E-state index contributed by atoms with van der Waals surface area (Å²) in [4.78, 5) is 21.2. The second-order valence-corrected chi connectivity index (χ2v) is 10.1. The average molecular weight is 570 g/mol. The molecule has 0 saturated carbocycles. The van der Waals surface area contributed by atoms with E-state index < -0.39 is 17.6 Å². The molecule has 1 aliphatic rings. The van der Waals surface area contributed by atoms with Crippen LogP contribution in [-0.4, -0.2) is 43.3 Å². The molecule has 0 aliphatic carbocycles. The van der Waals surface area contributed by atoms with Crippen molar-refractivity contribution in [2.24, 2.45) is 0 Å². The van der Waals surface area contributed by atoms with Gasteiger partial charge in [0.1, 0.15) is 12.1 Å². The lowest BCUT2D eigenvalue weighted by Gasteiger charge is -2.22. The molecule has 5 aromatic rings. The number of alkyl halides is 3. The third-order valence-electron chi connectivity index (χ3n) is 7.27. The van der Waals surface area contributed by atoms with Crippen LogP contribution < -0.4 is 10.6 Å². The van der Waals surface area contributed by atoms with Crippen molar-refractivity contribution in [1.29, 1.82) is 0 Å². The van der Waals surface area contributed by atoms with E-state index in [2.05, 4.69) is 43.7 Å². The van der Waals surface area contributed by atoms with Crippen LogP contribution in [-0.2, 0) is 6.18 Å². The van der Waals surface area contributed by atoms with Gasteiger partial charge in [0, 0.05) is 29.1 Å². The summed E-state index contributed by atoms with van der Waals surface area (Å²) in [6.07, 6.45) is 4.25. The summed E-state index contributed by atoms with van der Waals surface area (Å²) in [6.45, 7) is 3.85. The van der Waals surface area contributed by atoms with Crippen molar-refractivity contribution in [1.82, 2.24) is 29.6 Å². The number of piperidine rings is 1. The van der Waals surface area contributed by atoms with Gasteiger partial charge in [-0.05, 0) is 80.9 Å². The van der Waals surface area contributed by atoms with Gasteiger partial charge in [0.25, 0.3) is 5.91 Å². The maximum Gasteiger partial charge on any atom is 0.416 e. The van der Waals surface area contributed by atoms with E-state index in [0.29, 0.717) is 11.6 Å². The van der Waals surface area contributed by atoms with Crippen molar-refractivity contribution in [3.8, 4) is 17.5 Å². The first kappa shape index (κ1) is 27.2. The summed E-state index contributed by atoms with van der Waals surface area (Å²) in [5.74, 6) is 5.48. The monoisotopic (exact) mass is 569 g/mol. The van der Waals surface area contributed by atoms with Crippen LogP contribution in [0.4, 0.5) is 19.0 Å². The van der Waals surface area contributed by atoms with Gasteiger partial charge in [-0.15, -0.1) is 0 Å². The van der Waals surface area contributed by atoms with Crippen molar-refractivity contribution in [2.45, 2.75) is 32.0 Å². The first-order valence-corrected chi connectivity index (χ1v) is 13.4. The topological polar surface area (TPSA) is 89.7 Å². The van der Waals surface area contributed by atoms with E-state index in [-0.39, 0.29) is 11.4 Å². The number of imidazole rings is 1. The van der Waals surface area contributed by atoms with Crippen LogP contribution in [0.3, 0.4) is 0 Å². The van der Waals surface area contributed by atoms with E-state index in [1.807, 2.05) is 40.6 Å². The van der Waals surface area contributed by atoms with Crippen LogP contribution in [0.25, 0.3) is 16.7 Å². The van der Waals surface area contributed by atoms with Crippen molar-refractivity contribution in [3.05, 3.63) is 101 Å². The van der Waals surface area contributed by atoms with Gasteiger partial charge in [-0.2, -0.15) is 18.3 Å². The SMILES string of the molecule is Cc1ccc(C(=O)Nc2cc(C(F)(F)F)ccn2)cc1C#Cc1ccc2c(c1)ncn2-c1cnn(C2CCNCC2)c1. The number of anilines is 1. The molecule has 1 aliphatic heterocycles. The fraction of sp³-hybridized carbons (Fsp3) is 0.226. The summed E-state index contributed by atoms with van der Waals surface area (Å²) >= 11 is 0. The molecule has 8 nitrogen and oxygen atoms in total. The molecule has 0 unspecified atom stereocenters. The number of rotatable bonds is 4. The number of carbonyl (C=O) groups is 1. The van der Waals surface area contributed by atoms with E-state index in [1.54, 1.807) is 24.5 Å². The zero-order valence-electron chi connectivity index (χ0n) is 22.6. The number of pyridine rings is 1. The number of halogens is 3. The molecule has 212 valence electrons. The second-order valence-electron chi connectivity index (χ2n) is 10.1. The molecule has 1 amide bonds. The van der Waals surface area contributed by atoms with Crippen LogP contribution >= 0.6 is 0 Å². The summed E-state index contributed by atoms with van der Waals surface area (Å²) in [6, 6.07) is 12.8. The first-order chi connectivity index (χ1) is 20.2. The molecular formula is C31H26F3N7O. The zero-order valence-corrected chi connectivity index (χ0v) is 22.6. The van der Waals surface area contributed by atoms with Gasteiger partial charge >= 0.3 is 6.18 Å². The van der Waals surface area contributed by atoms with E-state index in [4.69, 9.17) is 0 Å². The summed E-state index contributed by atoms with van der Waals surface area (Å²) in [5.41, 5.74) is 4.25. The molecule has 2 aromatic carbocycles. The fourth-order valence-electron chi connectivity index (χ4n) is 4.92. The number of amides is 1. The van der Waals surface area contributed by atoms with Gasteiger partial charge in [0.2, 0.25) is 0 Å². The van der Waals surface area contributed by atoms with Crippen molar-refractivity contribution < 1.29 is 18.0 Å². The van der Waals surface area contributed by atoms with Gasteiger partial charge < -0.3 is 10.6 Å². The lowest BCUT2D eigenvalue weighted by Crippen LogP contribution is -2.29. The first-order valence-electron chi connectivity index (χ1n) is 13.4. The molecular weight excluding hydrogens is 543 g/mol. The van der Waals surface area contributed by atoms with Crippen LogP contribution in [0.1, 0.15) is 51.5 Å². The van der Waals surface area contributed by atoms with E-state index in [9.17, 15) is 18.0 Å². The Morgan fingerprint density at radius 2 is 1.88 bits per heavy atom. The standard InChI is InChI=1S/C31H26F3N7O/c1-20-2-5-23(30(42)39-29-16-24(8-13-36-29)31(32,33)34)15-22(20)6-3-21-4-7-28-27(14-21)37-19-40(28)26-17-38-41(18-26)25-9-11-35-12-10-25/h2,4-5,7-8,13-19,25,35H,9-12H2,1H3,(H,36,39,42). The van der Waals surface area contributed by atoms with Crippen molar-refractivity contribution in [3.63, 3.8) is 0 Å². The smallest absolute Gasteiger partial charge is 0.317 e. The number of benzene rings is 2. The fourth-order valence-corrected chi connectivity index (χ4v) is 4.92. The van der Waals surface area contributed by atoms with Crippen LogP contribution in [0.5, 0.6) is 0 Å². The molecule has 1 saturated heterocycles. The molecule has 42 heavy (non-hydrogen) atoms. The number of carbonyl (C=O) groups excluding carboxylic acids is 1. The predicted octanol–water partition coefficient (Wildman–Crippen LogP) is 5.52. The van der Waals surface area contributed by atoms with Crippen LogP contribution in [0, 0.1) is 18.8 Å². The Labute approximate surface area is 239 Å². The van der Waals surface area contributed by atoms with Gasteiger partial charge in [-0.25, -0.2) is 9.97 Å². The van der Waals surface area contributed by atoms with Crippen LogP contribution in [0.2, 0.25) is 0 Å². The number of nitrogens with one attached hydrogen (secondary N) is 2. The van der Waals surface area contributed by atoms with E-state index >= 15 is 0 Å². The zero-order chi connectivity index (χ0) is 29.3. The Balaban J connectivity index is 1.20. The van der Waals surface area contributed by atoms with Gasteiger partial charge in [0.15, 0.2) is 0 Å². The molecule has 0 radical (unpaired) electrons. The normalized spacial score (nSPS) is 14.0. The van der Waals surface area contributed by atoms with Crippen molar-refractivity contribution in [2.75, 3.05) is 18.4 Å². The average Bonchev–Trinajstić information content (AvgIpc) is 3.64. The third kappa shape index (κ3) is 5.75. The van der Waals surface area contributed by atoms with Crippen LogP contribution in [0.15, 0.2) is 73.4 Å². The maximum absolute atomic E-state index is 13.0. The molecule has 0 spiro atoms. The number of hydrogen-bond donors (Lipinski definition) is 2. The predicted molar refractivity (Wildman–Crippen MR) is 152 cm³/mol. The maximum atomic E-state index is 13.0. The molecule has 6 rings (SSSR count). The molecule has 4 heterocycles. The highest BCUT2D eigenvalue weighted by atomic mass is 19.4. The summed E-state index contributed by atoms with van der Waals surface area (Å²) in [7, 11) is 0. The Morgan fingerprint density at radius 1 is 1.05 bits per heavy atom. The Morgan fingerprint density at radius 3 is 2.69 bits per heavy atom. The lowest BCUT2D eigenvalue weighted by atomic mass is 10.0. The minimum Gasteiger partial charge on any atom is -0.317 e. The molecule has 0 atom stereocenters. The minimum absolute atomic E-state index is 0.186. The Kier molecular flexibility index (Phi) is 7.22. The summed E-state index contributed by atoms with van der Waals surface area (Å²) < 4.78 is 43.1. The molecule has 1 fully saturated rings. The molecule has 2 N–H and O–H groups in total. The number of aryl methyl sites for hydroxylation is 1. The molecule has 11 heteroatoms. The number of hydrogen-bond acceptors (Lipinski definition) is 5. The Bertz CT molecular complexity index is 1840. The highest BCUT2D eigenvalue weighted by Crippen LogP contribution is 2.30. The largest absolute Gasteiger partial charge is 0.416 e. The third-order valence-corrected chi connectivity index (χ3v) is 7.27.